The highest BCUT2D eigenvalue weighted by Crippen LogP contribution is 2.30. The number of H-pyrrole nitrogens is 1. The molecule has 5 rings (SSSR count). The van der Waals surface area contributed by atoms with E-state index >= 15 is 0 Å². The fourth-order valence-corrected chi connectivity index (χ4v) is 4.41. The molecule has 0 radical (unpaired) electrons. The number of imidazole rings is 1. The molecular formula is C24H29N7O. The Morgan fingerprint density at radius 2 is 2.03 bits per heavy atom. The van der Waals surface area contributed by atoms with Crippen molar-refractivity contribution in [3.05, 3.63) is 48.2 Å². The van der Waals surface area contributed by atoms with Crippen molar-refractivity contribution in [2.75, 3.05) is 18.4 Å². The minimum Gasteiger partial charge on any atom is -0.474 e. The van der Waals surface area contributed by atoms with Crippen LogP contribution in [0.3, 0.4) is 0 Å². The van der Waals surface area contributed by atoms with E-state index in [1.54, 1.807) is 6.33 Å². The van der Waals surface area contributed by atoms with E-state index in [9.17, 15) is 0 Å². The Kier molecular flexibility index (Phi) is 5.61. The van der Waals surface area contributed by atoms with Gasteiger partial charge in [-0.1, -0.05) is 18.2 Å². The Labute approximate surface area is 187 Å². The second-order valence-electron chi connectivity index (χ2n) is 8.71. The van der Waals surface area contributed by atoms with Crippen LogP contribution in [0, 0.1) is 6.92 Å². The van der Waals surface area contributed by atoms with Gasteiger partial charge in [0.05, 0.1) is 18.6 Å². The number of benzene rings is 1. The molecule has 0 saturated carbocycles. The quantitative estimate of drug-likeness (QED) is 0.475. The number of aromatic amines is 1. The first-order valence-electron chi connectivity index (χ1n) is 11.3. The lowest BCUT2D eigenvalue weighted by molar-refractivity contribution is 0.0822. The zero-order valence-corrected chi connectivity index (χ0v) is 18.8. The maximum atomic E-state index is 6.52. The van der Waals surface area contributed by atoms with Gasteiger partial charge in [0.15, 0.2) is 11.5 Å². The molecule has 32 heavy (non-hydrogen) atoms. The first-order valence-corrected chi connectivity index (χ1v) is 11.3. The van der Waals surface area contributed by atoms with Gasteiger partial charge in [0.25, 0.3) is 0 Å². The van der Waals surface area contributed by atoms with Gasteiger partial charge >= 0.3 is 0 Å². The third kappa shape index (κ3) is 4.10. The number of aryl methyl sites for hydroxylation is 1. The van der Waals surface area contributed by atoms with Gasteiger partial charge in [-0.05, 0) is 50.6 Å². The third-order valence-corrected chi connectivity index (χ3v) is 6.23. The van der Waals surface area contributed by atoms with E-state index in [2.05, 4.69) is 75.2 Å². The third-order valence-electron chi connectivity index (χ3n) is 6.23. The van der Waals surface area contributed by atoms with Gasteiger partial charge in [0.2, 0.25) is 5.88 Å². The molecule has 4 aromatic rings. The first kappa shape index (κ1) is 20.6. The molecule has 1 aliphatic heterocycles. The highest BCUT2D eigenvalue weighted by molar-refractivity contribution is 5.90. The molecule has 0 aliphatic carbocycles. The molecule has 0 spiro atoms. The number of hydrogen-bond donors (Lipinski definition) is 2. The monoisotopic (exact) mass is 431 g/mol. The maximum absolute atomic E-state index is 6.52. The van der Waals surface area contributed by atoms with E-state index in [1.165, 1.54) is 11.9 Å². The van der Waals surface area contributed by atoms with E-state index < -0.39 is 0 Å². The van der Waals surface area contributed by atoms with Gasteiger partial charge in [-0.3, -0.25) is 0 Å². The van der Waals surface area contributed by atoms with E-state index in [1.807, 2.05) is 0 Å². The van der Waals surface area contributed by atoms with Crippen molar-refractivity contribution in [3.63, 3.8) is 0 Å². The van der Waals surface area contributed by atoms with Crippen molar-refractivity contribution < 1.29 is 4.74 Å². The van der Waals surface area contributed by atoms with Gasteiger partial charge in [0.1, 0.15) is 17.9 Å². The van der Waals surface area contributed by atoms with Crippen molar-refractivity contribution in [2.45, 2.75) is 52.3 Å². The number of rotatable bonds is 6. The van der Waals surface area contributed by atoms with E-state index in [0.717, 1.165) is 53.8 Å². The van der Waals surface area contributed by atoms with Crippen LogP contribution in [-0.4, -0.2) is 55.1 Å². The summed E-state index contributed by atoms with van der Waals surface area (Å²) in [7, 11) is 0. The SMILES string of the molecule is Cc1cccc2cc(CNc3ncnc4[nH]cnc34)nc(OC3CCN(C(C)C)CC3)c12. The second kappa shape index (κ2) is 8.70. The normalized spacial score (nSPS) is 15.6. The summed E-state index contributed by atoms with van der Waals surface area (Å²) in [5.74, 6) is 1.42. The van der Waals surface area contributed by atoms with Crippen LogP contribution in [0.25, 0.3) is 21.9 Å². The second-order valence-corrected chi connectivity index (χ2v) is 8.71. The molecule has 0 amide bonds. The zero-order valence-electron chi connectivity index (χ0n) is 18.8. The summed E-state index contributed by atoms with van der Waals surface area (Å²) in [6, 6.07) is 9.02. The van der Waals surface area contributed by atoms with Crippen LogP contribution in [0.4, 0.5) is 5.82 Å². The molecule has 0 bridgehead atoms. The first-order chi connectivity index (χ1) is 15.6. The molecular weight excluding hydrogens is 402 g/mol. The van der Waals surface area contributed by atoms with E-state index in [0.29, 0.717) is 24.1 Å². The minimum absolute atomic E-state index is 0.189. The van der Waals surface area contributed by atoms with Gasteiger partial charge in [-0.25, -0.2) is 19.9 Å². The largest absolute Gasteiger partial charge is 0.474 e. The molecule has 8 nitrogen and oxygen atoms in total. The van der Waals surface area contributed by atoms with Crippen LogP contribution in [0.5, 0.6) is 5.88 Å². The summed E-state index contributed by atoms with van der Waals surface area (Å²) in [6.45, 7) is 9.27. The Hall–Kier alpha value is -3.26. The molecule has 2 N–H and O–H groups in total. The Morgan fingerprint density at radius 1 is 1.19 bits per heavy atom. The number of hydrogen-bond acceptors (Lipinski definition) is 7. The Balaban J connectivity index is 1.40. The molecule has 1 saturated heterocycles. The summed E-state index contributed by atoms with van der Waals surface area (Å²) in [5.41, 5.74) is 3.51. The number of nitrogens with zero attached hydrogens (tertiary/aromatic N) is 5. The molecule has 0 unspecified atom stereocenters. The number of piperidine rings is 1. The molecule has 0 atom stereocenters. The lowest BCUT2D eigenvalue weighted by Gasteiger charge is -2.34. The summed E-state index contributed by atoms with van der Waals surface area (Å²) in [4.78, 5) is 23.3. The topological polar surface area (TPSA) is 91.9 Å². The lowest BCUT2D eigenvalue weighted by atomic mass is 10.0. The van der Waals surface area contributed by atoms with Gasteiger partial charge in [-0.15, -0.1) is 0 Å². The zero-order chi connectivity index (χ0) is 22.1. The van der Waals surface area contributed by atoms with Gasteiger partial charge < -0.3 is 19.9 Å². The van der Waals surface area contributed by atoms with Crippen molar-refractivity contribution >= 4 is 27.8 Å². The molecule has 4 heterocycles. The van der Waals surface area contributed by atoms with Crippen LogP contribution in [0.2, 0.25) is 0 Å². The van der Waals surface area contributed by atoms with Crippen LogP contribution < -0.4 is 10.1 Å². The minimum atomic E-state index is 0.189. The Morgan fingerprint density at radius 3 is 2.84 bits per heavy atom. The fourth-order valence-electron chi connectivity index (χ4n) is 4.41. The van der Waals surface area contributed by atoms with Crippen molar-refractivity contribution in [1.29, 1.82) is 0 Å². The predicted octanol–water partition coefficient (Wildman–Crippen LogP) is 4.07. The van der Waals surface area contributed by atoms with E-state index in [4.69, 9.17) is 9.72 Å². The number of pyridine rings is 1. The molecule has 1 aromatic carbocycles. The fraction of sp³-hybridized carbons (Fsp3) is 0.417. The average Bonchev–Trinajstić information content (AvgIpc) is 3.27. The summed E-state index contributed by atoms with van der Waals surface area (Å²) < 4.78 is 6.52. The number of aromatic nitrogens is 5. The smallest absolute Gasteiger partial charge is 0.222 e. The summed E-state index contributed by atoms with van der Waals surface area (Å²) >= 11 is 0. The van der Waals surface area contributed by atoms with Crippen LogP contribution in [-0.2, 0) is 6.54 Å². The van der Waals surface area contributed by atoms with Gasteiger partial charge in [0, 0.05) is 24.5 Å². The number of fused-ring (bicyclic) bond motifs is 2. The summed E-state index contributed by atoms with van der Waals surface area (Å²) in [5, 5.41) is 5.59. The molecule has 3 aromatic heterocycles. The molecule has 8 heteroatoms. The van der Waals surface area contributed by atoms with Crippen molar-refractivity contribution in [3.8, 4) is 5.88 Å². The van der Waals surface area contributed by atoms with Crippen molar-refractivity contribution in [1.82, 2.24) is 29.8 Å². The number of ether oxygens (including phenoxy) is 1. The lowest BCUT2D eigenvalue weighted by Crippen LogP contribution is -2.41. The van der Waals surface area contributed by atoms with Crippen LogP contribution >= 0.6 is 0 Å². The number of anilines is 1. The average molecular weight is 432 g/mol. The summed E-state index contributed by atoms with van der Waals surface area (Å²) in [6.07, 6.45) is 5.38. The van der Waals surface area contributed by atoms with E-state index in [-0.39, 0.29) is 6.10 Å². The Bertz CT molecular complexity index is 1230. The number of likely N-dealkylation sites (tertiary alicyclic amines) is 1. The standard InChI is InChI=1S/C24H29N7O/c1-15(2)31-9-7-19(8-10-31)32-24-20-16(3)5-4-6-17(20)11-18(30-24)12-25-22-21-23(27-13-26-21)29-14-28-22/h4-6,11,13-15,19H,7-10,12H2,1-3H3,(H2,25,26,27,28,29). The highest BCUT2D eigenvalue weighted by atomic mass is 16.5. The predicted molar refractivity (Wildman–Crippen MR) is 126 cm³/mol. The van der Waals surface area contributed by atoms with Gasteiger partial charge in [-0.2, -0.15) is 0 Å². The molecule has 1 aliphatic rings. The molecule has 166 valence electrons. The van der Waals surface area contributed by atoms with Crippen molar-refractivity contribution in [2.24, 2.45) is 0 Å². The number of nitrogens with one attached hydrogen (secondary N) is 2. The maximum Gasteiger partial charge on any atom is 0.222 e. The van der Waals surface area contributed by atoms with Crippen LogP contribution in [0.1, 0.15) is 37.9 Å². The van der Waals surface area contributed by atoms with Crippen LogP contribution in [0.15, 0.2) is 36.9 Å². The highest BCUT2D eigenvalue weighted by Gasteiger charge is 2.23. The molecule has 1 fully saturated rings.